The topological polar surface area (TPSA) is 77.8 Å². The Labute approximate surface area is 178 Å². The number of ether oxygens (including phenoxy) is 4. The number of benzene rings is 2. The molecule has 6 nitrogen and oxygen atoms in total. The number of rotatable bonds is 7. The van der Waals surface area contributed by atoms with Crippen LogP contribution < -0.4 is 18.9 Å². The summed E-state index contributed by atoms with van der Waals surface area (Å²) >= 11 is 1.30. The average Bonchev–Trinajstić information content (AvgIpc) is 3.33. The highest BCUT2D eigenvalue weighted by Gasteiger charge is 2.14. The Bertz CT molecular complexity index is 1110. The van der Waals surface area contributed by atoms with Gasteiger partial charge in [-0.25, -0.2) is 4.79 Å². The van der Waals surface area contributed by atoms with Gasteiger partial charge in [-0.05, 0) is 59.0 Å². The van der Waals surface area contributed by atoms with E-state index >= 15 is 0 Å². The Morgan fingerprint density at radius 3 is 2.27 bits per heavy atom. The number of thiophene rings is 1. The smallest absolute Gasteiger partial charge is 0.353 e. The molecule has 2 aromatic carbocycles. The molecule has 0 fully saturated rings. The Hall–Kier alpha value is -3.76. The van der Waals surface area contributed by atoms with Crippen LogP contribution >= 0.6 is 11.3 Å². The minimum atomic E-state index is -0.449. The van der Waals surface area contributed by atoms with Crippen molar-refractivity contribution >= 4 is 29.0 Å². The molecule has 3 aromatic rings. The predicted molar refractivity (Wildman–Crippen MR) is 115 cm³/mol. The van der Waals surface area contributed by atoms with Crippen LogP contribution in [0.15, 0.2) is 53.9 Å². The van der Waals surface area contributed by atoms with Crippen molar-refractivity contribution in [3.63, 3.8) is 0 Å². The van der Waals surface area contributed by atoms with Crippen LogP contribution in [0.25, 0.3) is 11.6 Å². The zero-order valence-corrected chi connectivity index (χ0v) is 17.5. The number of hydrogen-bond donors (Lipinski definition) is 0. The van der Waals surface area contributed by atoms with E-state index in [-0.39, 0.29) is 0 Å². The number of allylic oxidation sites excluding steroid dienone is 1. The van der Waals surface area contributed by atoms with Gasteiger partial charge < -0.3 is 18.9 Å². The van der Waals surface area contributed by atoms with Crippen LogP contribution in [0.1, 0.15) is 20.8 Å². The number of carbonyl (C=O) groups is 1. The second-order valence-electron chi connectivity index (χ2n) is 6.02. The fraction of sp³-hybridized carbons (Fsp3) is 0.130. The molecule has 0 atom stereocenters. The number of carbonyl (C=O) groups excluding carboxylic acids is 1. The fourth-order valence-electron chi connectivity index (χ4n) is 2.75. The zero-order valence-electron chi connectivity index (χ0n) is 16.7. The second-order valence-corrected chi connectivity index (χ2v) is 6.96. The van der Waals surface area contributed by atoms with Crippen LogP contribution in [0, 0.1) is 11.3 Å². The van der Waals surface area contributed by atoms with Gasteiger partial charge in [-0.2, -0.15) is 5.26 Å². The molecule has 0 amide bonds. The highest BCUT2D eigenvalue weighted by Crippen LogP contribution is 2.33. The summed E-state index contributed by atoms with van der Waals surface area (Å²) < 4.78 is 21.4. The Morgan fingerprint density at radius 1 is 0.933 bits per heavy atom. The minimum absolute atomic E-state index is 0.303. The summed E-state index contributed by atoms with van der Waals surface area (Å²) in [5.41, 5.74) is 1.83. The Kier molecular flexibility index (Phi) is 6.73. The molecule has 152 valence electrons. The van der Waals surface area contributed by atoms with E-state index in [0.717, 1.165) is 0 Å². The Morgan fingerprint density at radius 2 is 1.63 bits per heavy atom. The molecule has 30 heavy (non-hydrogen) atoms. The van der Waals surface area contributed by atoms with Crippen molar-refractivity contribution in [3.05, 3.63) is 69.9 Å². The third-order valence-electron chi connectivity index (χ3n) is 4.24. The molecule has 1 heterocycles. The van der Waals surface area contributed by atoms with Crippen molar-refractivity contribution in [3.8, 4) is 29.1 Å². The average molecular weight is 421 g/mol. The van der Waals surface area contributed by atoms with Crippen molar-refractivity contribution < 1.29 is 23.7 Å². The zero-order chi connectivity index (χ0) is 21.5. The molecule has 0 N–H and O–H groups in total. The monoisotopic (exact) mass is 421 g/mol. The predicted octanol–water partition coefficient (Wildman–Crippen LogP) is 5.06. The van der Waals surface area contributed by atoms with Crippen molar-refractivity contribution in [1.29, 1.82) is 5.26 Å². The van der Waals surface area contributed by atoms with Gasteiger partial charge in [-0.3, -0.25) is 0 Å². The number of methoxy groups -OCH3 is 3. The van der Waals surface area contributed by atoms with Crippen LogP contribution in [0.2, 0.25) is 0 Å². The van der Waals surface area contributed by atoms with E-state index in [4.69, 9.17) is 18.9 Å². The van der Waals surface area contributed by atoms with E-state index in [1.807, 2.05) is 0 Å². The molecule has 3 rings (SSSR count). The molecule has 7 heteroatoms. The van der Waals surface area contributed by atoms with Crippen LogP contribution in [-0.4, -0.2) is 27.3 Å². The van der Waals surface area contributed by atoms with Crippen LogP contribution in [0.4, 0.5) is 0 Å². The van der Waals surface area contributed by atoms with Gasteiger partial charge >= 0.3 is 5.97 Å². The van der Waals surface area contributed by atoms with Crippen molar-refractivity contribution in [2.45, 2.75) is 0 Å². The number of nitrogens with zero attached hydrogens (tertiary/aromatic N) is 1. The number of hydrogen-bond acceptors (Lipinski definition) is 7. The first kappa shape index (κ1) is 21.0. The van der Waals surface area contributed by atoms with Crippen molar-refractivity contribution in [1.82, 2.24) is 0 Å². The van der Waals surface area contributed by atoms with E-state index in [0.29, 0.717) is 44.6 Å². The molecule has 0 bridgehead atoms. The highest BCUT2D eigenvalue weighted by molar-refractivity contribution is 7.12. The summed E-state index contributed by atoms with van der Waals surface area (Å²) in [5, 5.41) is 11.5. The molecule has 0 aliphatic carbocycles. The highest BCUT2D eigenvalue weighted by atomic mass is 32.1. The van der Waals surface area contributed by atoms with Gasteiger partial charge in [0, 0.05) is 0 Å². The van der Waals surface area contributed by atoms with E-state index in [1.54, 1.807) is 74.2 Å². The number of esters is 1. The van der Waals surface area contributed by atoms with Gasteiger partial charge in [-0.15, -0.1) is 11.3 Å². The summed E-state index contributed by atoms with van der Waals surface area (Å²) in [6.45, 7) is 0. The van der Waals surface area contributed by atoms with Gasteiger partial charge in [0.15, 0.2) is 23.0 Å². The minimum Gasteiger partial charge on any atom is -0.493 e. The number of nitriles is 1. The lowest BCUT2D eigenvalue weighted by atomic mass is 10.0. The van der Waals surface area contributed by atoms with Gasteiger partial charge in [0.1, 0.15) is 4.88 Å². The summed E-state index contributed by atoms with van der Waals surface area (Å²) in [6, 6.07) is 16.0. The molecule has 0 aliphatic heterocycles. The maximum atomic E-state index is 12.2. The first-order chi connectivity index (χ1) is 14.6. The lowest BCUT2D eigenvalue weighted by Gasteiger charge is -2.10. The summed E-state index contributed by atoms with van der Waals surface area (Å²) in [5.74, 6) is 1.35. The van der Waals surface area contributed by atoms with Gasteiger partial charge in [0.2, 0.25) is 0 Å². The van der Waals surface area contributed by atoms with E-state index in [1.165, 1.54) is 18.4 Å². The van der Waals surface area contributed by atoms with Crippen LogP contribution in [-0.2, 0) is 0 Å². The van der Waals surface area contributed by atoms with Crippen LogP contribution in [0.5, 0.6) is 23.0 Å². The van der Waals surface area contributed by atoms with Crippen molar-refractivity contribution in [2.24, 2.45) is 0 Å². The summed E-state index contributed by atoms with van der Waals surface area (Å²) in [7, 11) is 4.58. The molecule has 0 spiro atoms. The summed E-state index contributed by atoms with van der Waals surface area (Å²) in [6.07, 6.45) is 1.72. The molecule has 0 radical (unpaired) electrons. The van der Waals surface area contributed by atoms with Gasteiger partial charge in [-0.1, -0.05) is 12.1 Å². The van der Waals surface area contributed by atoms with Gasteiger partial charge in [0.25, 0.3) is 0 Å². The lowest BCUT2D eigenvalue weighted by molar-refractivity contribution is 0.0735. The lowest BCUT2D eigenvalue weighted by Crippen LogP contribution is -2.07. The maximum absolute atomic E-state index is 12.2. The van der Waals surface area contributed by atoms with E-state index < -0.39 is 5.97 Å². The van der Waals surface area contributed by atoms with Crippen molar-refractivity contribution in [2.75, 3.05) is 21.3 Å². The SMILES string of the molecule is COc1ccc(/C(C#N)=C\c2ccc(OC(=O)c3cccs3)c(OC)c2)cc1OC. The third-order valence-corrected chi connectivity index (χ3v) is 5.09. The van der Waals surface area contributed by atoms with E-state index in [2.05, 4.69) is 6.07 Å². The Balaban J connectivity index is 1.90. The summed E-state index contributed by atoms with van der Waals surface area (Å²) in [4.78, 5) is 12.7. The molecule has 0 aliphatic rings. The normalized spacial score (nSPS) is 10.8. The maximum Gasteiger partial charge on any atom is 0.353 e. The fourth-order valence-corrected chi connectivity index (χ4v) is 3.35. The first-order valence-corrected chi connectivity index (χ1v) is 9.75. The molecule has 0 saturated heterocycles. The van der Waals surface area contributed by atoms with Crippen LogP contribution in [0.3, 0.4) is 0 Å². The molecule has 0 unspecified atom stereocenters. The molecular formula is C23H19NO5S. The second kappa shape index (κ2) is 9.63. The largest absolute Gasteiger partial charge is 0.493 e. The van der Waals surface area contributed by atoms with Gasteiger partial charge in [0.05, 0.1) is 33.0 Å². The molecule has 0 saturated carbocycles. The third kappa shape index (κ3) is 4.62. The molecule has 1 aromatic heterocycles. The first-order valence-electron chi connectivity index (χ1n) is 8.87. The quantitative estimate of drug-likeness (QED) is 0.230. The molecular weight excluding hydrogens is 402 g/mol. The van der Waals surface area contributed by atoms with E-state index in [9.17, 15) is 10.1 Å². The standard InChI is InChI=1S/C23H19NO5S/c1-26-18-9-7-16(13-21(18)28-3)17(14-24)11-15-6-8-19(20(12-15)27-2)29-23(25)22-5-4-10-30-22/h4-13H,1-3H3/b17-11-.